The second-order valence-electron chi connectivity index (χ2n) is 7.49. The Morgan fingerprint density at radius 3 is 2.85 bits per heavy atom. The molecule has 4 rings (SSSR count). The van der Waals surface area contributed by atoms with Crippen molar-refractivity contribution in [2.45, 2.75) is 51.2 Å². The first-order valence-corrected chi connectivity index (χ1v) is 9.76. The number of carbonyl (C=O) groups is 1. The maximum Gasteiger partial charge on any atom is 0.220 e. The fraction of sp³-hybridized carbons (Fsp3) is 0.524. The van der Waals surface area contributed by atoms with Crippen LogP contribution in [0.1, 0.15) is 55.0 Å². The lowest BCUT2D eigenvalue weighted by molar-refractivity contribution is -0.122. The summed E-state index contributed by atoms with van der Waals surface area (Å²) in [6, 6.07) is 10.3. The number of nitrogens with one attached hydrogen (secondary N) is 1. The van der Waals surface area contributed by atoms with Crippen LogP contribution in [0.2, 0.25) is 0 Å². The number of ether oxygens (including phenoxy) is 1. The summed E-state index contributed by atoms with van der Waals surface area (Å²) in [4.78, 5) is 12.2. The standard InChI is InChI=1S/C21H27N3O2/c25-20(12-16-6-4-5-7-16)22-13-19-21-18(10-11-26-19)15-24(23-21)14-17-8-2-1-3-9-17/h1-3,8-9,15-16,19H,4-7,10-14H2,(H,22,25). The molecule has 1 N–H and O–H groups in total. The number of hydrogen-bond donors (Lipinski definition) is 1. The lowest BCUT2D eigenvalue weighted by Crippen LogP contribution is -2.32. The highest BCUT2D eigenvalue weighted by atomic mass is 16.5. The number of nitrogens with zero attached hydrogens (tertiary/aromatic N) is 2. The number of carbonyl (C=O) groups excluding carboxylic acids is 1. The molecule has 0 saturated heterocycles. The molecule has 0 radical (unpaired) electrons. The maximum atomic E-state index is 12.2. The molecular weight excluding hydrogens is 326 g/mol. The Balaban J connectivity index is 1.36. The highest BCUT2D eigenvalue weighted by molar-refractivity contribution is 5.76. The Hall–Kier alpha value is -2.14. The Bertz CT molecular complexity index is 735. The van der Waals surface area contributed by atoms with Gasteiger partial charge in [-0.1, -0.05) is 43.2 Å². The van der Waals surface area contributed by atoms with Crippen LogP contribution in [0.3, 0.4) is 0 Å². The van der Waals surface area contributed by atoms with Gasteiger partial charge in [-0.05, 0) is 36.3 Å². The van der Waals surface area contributed by atoms with Crippen molar-refractivity contribution in [2.75, 3.05) is 13.2 Å². The average Bonchev–Trinajstić information content (AvgIpc) is 3.30. The van der Waals surface area contributed by atoms with E-state index in [4.69, 9.17) is 9.84 Å². The Kier molecular flexibility index (Phi) is 5.34. The molecule has 1 aliphatic carbocycles. The second-order valence-corrected chi connectivity index (χ2v) is 7.49. The summed E-state index contributed by atoms with van der Waals surface area (Å²) in [7, 11) is 0. The van der Waals surface area contributed by atoms with Crippen LogP contribution in [-0.2, 0) is 22.5 Å². The molecule has 1 aliphatic heterocycles. The molecule has 1 aromatic carbocycles. The molecule has 1 amide bonds. The van der Waals surface area contributed by atoms with Crippen LogP contribution in [0.5, 0.6) is 0 Å². The van der Waals surface area contributed by atoms with Crippen LogP contribution in [-0.4, -0.2) is 28.8 Å². The zero-order valence-electron chi connectivity index (χ0n) is 15.2. The van der Waals surface area contributed by atoms with Crippen molar-refractivity contribution in [1.29, 1.82) is 0 Å². The lowest BCUT2D eigenvalue weighted by atomic mass is 10.0. The van der Waals surface area contributed by atoms with Crippen LogP contribution < -0.4 is 5.32 Å². The zero-order valence-corrected chi connectivity index (χ0v) is 15.2. The number of benzene rings is 1. The minimum atomic E-state index is -0.136. The van der Waals surface area contributed by atoms with Crippen molar-refractivity contribution in [3.8, 4) is 0 Å². The van der Waals surface area contributed by atoms with Crippen molar-refractivity contribution in [1.82, 2.24) is 15.1 Å². The molecule has 1 unspecified atom stereocenters. The van der Waals surface area contributed by atoms with Gasteiger partial charge in [0.2, 0.25) is 5.91 Å². The normalized spacial score (nSPS) is 20.1. The highest BCUT2D eigenvalue weighted by Gasteiger charge is 2.26. The Labute approximate surface area is 154 Å². The molecule has 0 bridgehead atoms. The maximum absolute atomic E-state index is 12.2. The molecule has 2 aliphatic rings. The van der Waals surface area contributed by atoms with E-state index in [0.29, 0.717) is 25.5 Å². The lowest BCUT2D eigenvalue weighted by Gasteiger charge is -2.22. The molecule has 26 heavy (non-hydrogen) atoms. The number of rotatable bonds is 6. The van der Waals surface area contributed by atoms with Gasteiger partial charge in [0.25, 0.3) is 0 Å². The molecule has 2 heterocycles. The van der Waals surface area contributed by atoms with E-state index in [9.17, 15) is 4.79 Å². The molecule has 1 fully saturated rings. The van der Waals surface area contributed by atoms with Crippen molar-refractivity contribution < 1.29 is 9.53 Å². The monoisotopic (exact) mass is 353 g/mol. The SMILES string of the molecule is O=C(CC1CCCC1)NCC1OCCc2cn(Cc3ccccc3)nc21. The fourth-order valence-electron chi connectivity index (χ4n) is 4.09. The third kappa shape index (κ3) is 4.15. The molecule has 5 nitrogen and oxygen atoms in total. The van der Waals surface area contributed by atoms with Gasteiger partial charge in [-0.25, -0.2) is 0 Å². The molecule has 138 valence electrons. The van der Waals surface area contributed by atoms with Gasteiger partial charge >= 0.3 is 0 Å². The summed E-state index contributed by atoms with van der Waals surface area (Å²) in [5, 5.41) is 7.82. The van der Waals surface area contributed by atoms with Crippen LogP contribution in [0.4, 0.5) is 0 Å². The molecule has 1 aromatic heterocycles. The van der Waals surface area contributed by atoms with E-state index in [2.05, 4.69) is 23.6 Å². The van der Waals surface area contributed by atoms with Crippen LogP contribution in [0.25, 0.3) is 0 Å². The van der Waals surface area contributed by atoms with Crippen LogP contribution >= 0.6 is 0 Å². The number of amides is 1. The van der Waals surface area contributed by atoms with Crippen LogP contribution in [0, 0.1) is 5.92 Å². The van der Waals surface area contributed by atoms with Crippen molar-refractivity contribution in [2.24, 2.45) is 5.92 Å². The van der Waals surface area contributed by atoms with E-state index in [1.165, 1.54) is 36.8 Å². The van der Waals surface area contributed by atoms with Gasteiger partial charge in [0.1, 0.15) is 6.10 Å². The molecule has 1 atom stereocenters. The number of fused-ring (bicyclic) bond motifs is 1. The minimum absolute atomic E-state index is 0.136. The zero-order chi connectivity index (χ0) is 17.8. The highest BCUT2D eigenvalue weighted by Crippen LogP contribution is 2.28. The first kappa shape index (κ1) is 17.3. The van der Waals surface area contributed by atoms with Gasteiger partial charge in [0.15, 0.2) is 0 Å². The summed E-state index contributed by atoms with van der Waals surface area (Å²) in [6.45, 7) is 1.96. The van der Waals surface area contributed by atoms with Crippen LogP contribution in [0.15, 0.2) is 36.5 Å². The van der Waals surface area contributed by atoms with Gasteiger partial charge in [0.05, 0.1) is 18.8 Å². The molecule has 2 aromatic rings. The third-order valence-corrected chi connectivity index (χ3v) is 5.49. The number of aromatic nitrogens is 2. The van der Waals surface area contributed by atoms with E-state index < -0.39 is 0 Å². The molecule has 5 heteroatoms. The van der Waals surface area contributed by atoms with E-state index in [1.807, 2.05) is 22.9 Å². The van der Waals surface area contributed by atoms with Gasteiger partial charge < -0.3 is 10.1 Å². The minimum Gasteiger partial charge on any atom is -0.370 e. The molecule has 1 saturated carbocycles. The third-order valence-electron chi connectivity index (χ3n) is 5.49. The van der Waals surface area contributed by atoms with Crippen molar-refractivity contribution >= 4 is 5.91 Å². The van der Waals surface area contributed by atoms with Crippen molar-refractivity contribution in [3.05, 3.63) is 53.3 Å². The van der Waals surface area contributed by atoms with E-state index in [1.54, 1.807) is 0 Å². The summed E-state index contributed by atoms with van der Waals surface area (Å²) in [5.41, 5.74) is 3.45. The fourth-order valence-corrected chi connectivity index (χ4v) is 4.09. The van der Waals surface area contributed by atoms with E-state index in [-0.39, 0.29) is 12.0 Å². The Morgan fingerprint density at radius 2 is 2.04 bits per heavy atom. The average molecular weight is 353 g/mol. The largest absolute Gasteiger partial charge is 0.370 e. The van der Waals surface area contributed by atoms with E-state index in [0.717, 1.165) is 18.7 Å². The summed E-state index contributed by atoms with van der Waals surface area (Å²) in [5.74, 6) is 0.722. The van der Waals surface area contributed by atoms with E-state index >= 15 is 0 Å². The first-order valence-electron chi connectivity index (χ1n) is 9.76. The molecule has 0 spiro atoms. The summed E-state index contributed by atoms with van der Waals surface area (Å²) in [6.07, 6.45) is 8.46. The smallest absolute Gasteiger partial charge is 0.220 e. The predicted molar refractivity (Wildman–Crippen MR) is 99.8 cm³/mol. The summed E-state index contributed by atoms with van der Waals surface area (Å²) >= 11 is 0. The van der Waals surface area contributed by atoms with Gasteiger partial charge in [-0.3, -0.25) is 9.48 Å². The quantitative estimate of drug-likeness (QED) is 0.867. The second kappa shape index (κ2) is 8.04. The van der Waals surface area contributed by atoms with Gasteiger partial charge in [-0.15, -0.1) is 0 Å². The van der Waals surface area contributed by atoms with Crippen molar-refractivity contribution in [3.63, 3.8) is 0 Å². The van der Waals surface area contributed by atoms with Gasteiger partial charge in [0, 0.05) is 19.2 Å². The molecular formula is C21H27N3O2. The predicted octanol–water partition coefficient (Wildman–Crippen LogP) is 3.24. The van der Waals surface area contributed by atoms with Gasteiger partial charge in [-0.2, -0.15) is 5.10 Å². The summed E-state index contributed by atoms with van der Waals surface area (Å²) < 4.78 is 7.89. The first-order chi connectivity index (χ1) is 12.8. The number of hydrogen-bond acceptors (Lipinski definition) is 3. The Morgan fingerprint density at radius 1 is 1.23 bits per heavy atom. The topological polar surface area (TPSA) is 56.1 Å².